The largest absolute Gasteiger partial charge is 0.496 e. The van der Waals surface area contributed by atoms with E-state index in [-0.39, 0.29) is 23.9 Å². The van der Waals surface area contributed by atoms with E-state index in [2.05, 4.69) is 10.6 Å². The molecule has 108 valence electrons. The Bertz CT molecular complexity index is 514. The number of carbonyl (C=O) groups excluding carboxylic acids is 1. The number of hydrogen-bond acceptors (Lipinski definition) is 6. The van der Waals surface area contributed by atoms with E-state index in [9.17, 15) is 14.9 Å². The number of nitrogens with one attached hydrogen (secondary N) is 2. The number of ether oxygens (including phenoxy) is 2. The van der Waals surface area contributed by atoms with Gasteiger partial charge in [0.1, 0.15) is 17.5 Å². The lowest BCUT2D eigenvalue weighted by Crippen LogP contribution is -2.48. The molecule has 1 unspecified atom stereocenters. The molecule has 0 aliphatic carbocycles. The van der Waals surface area contributed by atoms with Gasteiger partial charge in [-0.3, -0.25) is 14.9 Å². The fourth-order valence-corrected chi connectivity index (χ4v) is 1.85. The Hall–Kier alpha value is -2.19. The van der Waals surface area contributed by atoms with Gasteiger partial charge in [-0.1, -0.05) is 0 Å². The number of nitro groups is 1. The van der Waals surface area contributed by atoms with Gasteiger partial charge in [0, 0.05) is 6.54 Å². The molecule has 1 heterocycles. The van der Waals surface area contributed by atoms with Crippen LogP contribution in [-0.4, -0.2) is 43.7 Å². The van der Waals surface area contributed by atoms with Crippen LogP contribution in [0.2, 0.25) is 0 Å². The quantitative estimate of drug-likeness (QED) is 0.616. The van der Waals surface area contributed by atoms with Crippen molar-refractivity contribution in [2.75, 3.05) is 32.2 Å². The Balaban J connectivity index is 2.15. The van der Waals surface area contributed by atoms with Crippen LogP contribution in [0, 0.1) is 10.1 Å². The van der Waals surface area contributed by atoms with Crippen molar-refractivity contribution in [3.8, 4) is 5.75 Å². The third kappa shape index (κ3) is 3.22. The molecule has 0 aromatic heterocycles. The Kier molecular flexibility index (Phi) is 4.49. The molecule has 1 aromatic carbocycles. The maximum atomic E-state index is 12.0. The monoisotopic (exact) mass is 281 g/mol. The SMILES string of the molecule is COc1ccc(NC(=O)C2COCCN2)c([N+](=O)[O-])c1. The van der Waals surface area contributed by atoms with Gasteiger partial charge in [-0.15, -0.1) is 0 Å². The van der Waals surface area contributed by atoms with Gasteiger partial charge in [-0.05, 0) is 12.1 Å². The van der Waals surface area contributed by atoms with E-state index in [4.69, 9.17) is 9.47 Å². The zero-order chi connectivity index (χ0) is 14.5. The number of carbonyl (C=O) groups is 1. The summed E-state index contributed by atoms with van der Waals surface area (Å²) in [5.41, 5.74) is -0.0809. The minimum Gasteiger partial charge on any atom is -0.496 e. The standard InChI is InChI=1S/C12H15N3O5/c1-19-8-2-3-9(11(6-8)15(17)18)14-12(16)10-7-20-5-4-13-10/h2-3,6,10,13H,4-5,7H2,1H3,(H,14,16). The predicted octanol–water partition coefficient (Wildman–Crippen LogP) is 0.530. The molecule has 0 radical (unpaired) electrons. The summed E-state index contributed by atoms with van der Waals surface area (Å²) in [7, 11) is 1.42. The van der Waals surface area contributed by atoms with E-state index < -0.39 is 11.0 Å². The van der Waals surface area contributed by atoms with Crippen LogP contribution in [-0.2, 0) is 9.53 Å². The van der Waals surface area contributed by atoms with Gasteiger partial charge in [0.05, 0.1) is 31.3 Å². The third-order valence-electron chi connectivity index (χ3n) is 2.90. The van der Waals surface area contributed by atoms with Gasteiger partial charge in [0.2, 0.25) is 5.91 Å². The molecule has 1 fully saturated rings. The van der Waals surface area contributed by atoms with Crippen LogP contribution in [0.3, 0.4) is 0 Å². The normalized spacial score (nSPS) is 18.4. The minimum atomic E-state index is -0.567. The van der Waals surface area contributed by atoms with Crippen molar-refractivity contribution in [2.24, 2.45) is 0 Å². The zero-order valence-electron chi connectivity index (χ0n) is 10.9. The van der Waals surface area contributed by atoms with E-state index in [1.807, 2.05) is 0 Å². The summed E-state index contributed by atoms with van der Waals surface area (Å²) < 4.78 is 10.1. The first-order valence-corrected chi connectivity index (χ1v) is 6.06. The summed E-state index contributed by atoms with van der Waals surface area (Å²) in [6.45, 7) is 1.37. The van der Waals surface area contributed by atoms with Crippen LogP contribution in [0.25, 0.3) is 0 Å². The summed E-state index contributed by atoms with van der Waals surface area (Å²) in [5.74, 6) is -0.00760. The van der Waals surface area contributed by atoms with Crippen molar-refractivity contribution in [1.82, 2.24) is 5.32 Å². The first kappa shape index (κ1) is 14.2. The molecule has 1 amide bonds. The van der Waals surface area contributed by atoms with E-state index in [0.29, 0.717) is 18.9 Å². The van der Waals surface area contributed by atoms with E-state index in [1.54, 1.807) is 6.07 Å². The Morgan fingerprint density at radius 3 is 3.00 bits per heavy atom. The van der Waals surface area contributed by atoms with Crippen LogP contribution < -0.4 is 15.4 Å². The first-order valence-electron chi connectivity index (χ1n) is 6.06. The van der Waals surface area contributed by atoms with E-state index in [1.165, 1.54) is 19.2 Å². The summed E-state index contributed by atoms with van der Waals surface area (Å²) in [6.07, 6.45) is 0. The first-order chi connectivity index (χ1) is 9.61. The summed E-state index contributed by atoms with van der Waals surface area (Å²) >= 11 is 0. The van der Waals surface area contributed by atoms with Gasteiger partial charge >= 0.3 is 0 Å². The van der Waals surface area contributed by atoms with Crippen molar-refractivity contribution in [2.45, 2.75) is 6.04 Å². The maximum absolute atomic E-state index is 12.0. The molecule has 0 bridgehead atoms. The second kappa shape index (κ2) is 6.31. The van der Waals surface area contributed by atoms with Gasteiger partial charge in [0.15, 0.2) is 0 Å². The average Bonchev–Trinajstić information content (AvgIpc) is 2.48. The third-order valence-corrected chi connectivity index (χ3v) is 2.90. The molecule has 1 aliphatic rings. The number of nitrogens with zero attached hydrogens (tertiary/aromatic N) is 1. The fourth-order valence-electron chi connectivity index (χ4n) is 1.85. The smallest absolute Gasteiger partial charge is 0.296 e. The van der Waals surface area contributed by atoms with Gasteiger partial charge in [0.25, 0.3) is 5.69 Å². The molecule has 0 spiro atoms. The molecule has 20 heavy (non-hydrogen) atoms. The number of methoxy groups -OCH3 is 1. The van der Waals surface area contributed by atoms with E-state index >= 15 is 0 Å². The molecule has 1 aromatic rings. The molecular formula is C12H15N3O5. The number of anilines is 1. The van der Waals surface area contributed by atoms with Crippen LogP contribution in [0.1, 0.15) is 0 Å². The van der Waals surface area contributed by atoms with Crippen LogP contribution in [0.4, 0.5) is 11.4 Å². The molecule has 0 saturated carbocycles. The lowest BCUT2D eigenvalue weighted by Gasteiger charge is -2.22. The van der Waals surface area contributed by atoms with Crippen molar-refractivity contribution in [1.29, 1.82) is 0 Å². The highest BCUT2D eigenvalue weighted by molar-refractivity contribution is 5.97. The number of amides is 1. The second-order valence-electron chi connectivity index (χ2n) is 4.21. The lowest BCUT2D eigenvalue weighted by atomic mass is 10.2. The van der Waals surface area contributed by atoms with E-state index in [0.717, 1.165) is 0 Å². The van der Waals surface area contributed by atoms with Crippen molar-refractivity contribution in [3.05, 3.63) is 28.3 Å². The van der Waals surface area contributed by atoms with Gasteiger partial charge < -0.3 is 20.1 Å². The predicted molar refractivity (Wildman–Crippen MR) is 70.9 cm³/mol. The molecule has 2 N–H and O–H groups in total. The minimum absolute atomic E-state index is 0.133. The highest BCUT2D eigenvalue weighted by atomic mass is 16.6. The van der Waals surface area contributed by atoms with Crippen molar-refractivity contribution in [3.63, 3.8) is 0 Å². The molecule has 8 nitrogen and oxygen atoms in total. The highest BCUT2D eigenvalue weighted by Crippen LogP contribution is 2.29. The Morgan fingerprint density at radius 2 is 2.40 bits per heavy atom. The Labute approximate surface area is 115 Å². The van der Waals surface area contributed by atoms with Crippen LogP contribution in [0.15, 0.2) is 18.2 Å². The average molecular weight is 281 g/mol. The summed E-state index contributed by atoms with van der Waals surface area (Å²) in [4.78, 5) is 22.4. The van der Waals surface area contributed by atoms with Gasteiger partial charge in [-0.25, -0.2) is 0 Å². The number of rotatable bonds is 4. The summed E-state index contributed by atoms with van der Waals surface area (Å²) in [6, 6.07) is 3.75. The zero-order valence-corrected chi connectivity index (χ0v) is 10.9. The fraction of sp³-hybridized carbons (Fsp3) is 0.417. The molecule has 2 rings (SSSR count). The molecule has 8 heteroatoms. The van der Waals surface area contributed by atoms with Crippen LogP contribution in [0.5, 0.6) is 5.75 Å². The van der Waals surface area contributed by atoms with Crippen molar-refractivity contribution >= 4 is 17.3 Å². The number of morpholine rings is 1. The maximum Gasteiger partial charge on any atom is 0.296 e. The van der Waals surface area contributed by atoms with Crippen molar-refractivity contribution < 1.29 is 19.2 Å². The number of hydrogen-bond donors (Lipinski definition) is 2. The number of benzene rings is 1. The molecule has 1 saturated heterocycles. The number of nitro benzene ring substituents is 1. The highest BCUT2D eigenvalue weighted by Gasteiger charge is 2.24. The molecular weight excluding hydrogens is 266 g/mol. The Morgan fingerprint density at radius 1 is 1.60 bits per heavy atom. The molecule has 1 aliphatic heterocycles. The topological polar surface area (TPSA) is 103 Å². The second-order valence-corrected chi connectivity index (χ2v) is 4.21. The summed E-state index contributed by atoms with van der Waals surface area (Å²) in [5, 5.41) is 16.5. The van der Waals surface area contributed by atoms with Crippen LogP contribution >= 0.6 is 0 Å². The molecule has 1 atom stereocenters. The lowest BCUT2D eigenvalue weighted by molar-refractivity contribution is -0.384. The van der Waals surface area contributed by atoms with Gasteiger partial charge in [-0.2, -0.15) is 0 Å².